The molecule has 0 aliphatic rings. The van der Waals surface area contributed by atoms with Crippen LogP contribution >= 0.6 is 38.5 Å². The van der Waals surface area contributed by atoms with Crippen molar-refractivity contribution in [3.8, 4) is 0 Å². The Morgan fingerprint density at radius 2 is 1.94 bits per heavy atom. The average Bonchev–Trinajstić information content (AvgIpc) is 2.27. The number of pyridine rings is 1. The van der Waals surface area contributed by atoms with E-state index in [9.17, 15) is 0 Å². The number of rotatable bonds is 2. The number of halogens is 2. The van der Waals surface area contributed by atoms with Gasteiger partial charge in [0.2, 0.25) is 0 Å². The van der Waals surface area contributed by atoms with E-state index in [4.69, 9.17) is 0 Å². The summed E-state index contributed by atoms with van der Waals surface area (Å²) in [5.41, 5.74) is 2.22. The number of aryl methyl sites for hydroxylation is 1. The third-order valence-electron chi connectivity index (χ3n) is 2.16. The monoisotopic (exact) mass is 388 g/mol. The van der Waals surface area contributed by atoms with E-state index in [1.165, 1.54) is 9.13 Å². The van der Waals surface area contributed by atoms with Crippen LogP contribution in [0.2, 0.25) is 0 Å². The topological polar surface area (TPSA) is 24.9 Å². The number of nitrogens with one attached hydrogen (secondary N) is 1. The molecule has 16 heavy (non-hydrogen) atoms. The second-order valence-electron chi connectivity index (χ2n) is 3.45. The normalized spacial score (nSPS) is 10.2. The summed E-state index contributed by atoms with van der Waals surface area (Å²) >= 11 is 5.72. The second kappa shape index (κ2) is 5.14. The summed E-state index contributed by atoms with van der Waals surface area (Å²) in [6.45, 7) is 2.05. The molecule has 0 saturated carbocycles. The van der Waals surface area contributed by atoms with Crippen LogP contribution in [0.3, 0.4) is 0 Å². The first-order valence-electron chi connectivity index (χ1n) is 4.80. The summed E-state index contributed by atoms with van der Waals surface area (Å²) in [6, 6.07) is 10.2. The molecular weight excluding hydrogens is 379 g/mol. The van der Waals surface area contributed by atoms with E-state index < -0.39 is 0 Å². The zero-order valence-electron chi connectivity index (χ0n) is 8.67. The highest BCUT2D eigenvalue weighted by atomic mass is 127. The average molecular weight is 389 g/mol. The summed E-state index contributed by atoms with van der Waals surface area (Å²) in [7, 11) is 0. The zero-order chi connectivity index (χ0) is 11.5. The molecule has 1 heterocycles. The van der Waals surface area contributed by atoms with Gasteiger partial charge in [-0.1, -0.05) is 0 Å². The van der Waals surface area contributed by atoms with Crippen LogP contribution in [0.25, 0.3) is 0 Å². The highest BCUT2D eigenvalue weighted by Gasteiger charge is 1.99. The molecule has 2 aromatic rings. The van der Waals surface area contributed by atoms with Crippen molar-refractivity contribution in [2.24, 2.45) is 0 Å². The Balaban J connectivity index is 2.20. The zero-order valence-corrected chi connectivity index (χ0v) is 12.4. The quantitative estimate of drug-likeness (QED) is 0.766. The van der Waals surface area contributed by atoms with Gasteiger partial charge in [0.25, 0.3) is 0 Å². The highest BCUT2D eigenvalue weighted by Crippen LogP contribution is 2.20. The van der Waals surface area contributed by atoms with Gasteiger partial charge in [-0.05, 0) is 81.3 Å². The van der Waals surface area contributed by atoms with Crippen molar-refractivity contribution in [2.45, 2.75) is 6.92 Å². The molecule has 0 radical (unpaired) electrons. The number of nitrogens with zero attached hydrogens (tertiary/aromatic N) is 1. The molecule has 82 valence electrons. The molecule has 0 fully saturated rings. The predicted octanol–water partition coefficient (Wildman–Crippen LogP) is 4.50. The van der Waals surface area contributed by atoms with E-state index >= 15 is 0 Å². The fraction of sp³-hybridized carbons (Fsp3) is 0.0833. The fourth-order valence-electron chi connectivity index (χ4n) is 1.29. The van der Waals surface area contributed by atoms with Crippen LogP contribution in [0.15, 0.2) is 41.0 Å². The van der Waals surface area contributed by atoms with E-state index in [2.05, 4.69) is 61.0 Å². The lowest BCUT2D eigenvalue weighted by Gasteiger charge is -2.07. The highest BCUT2D eigenvalue weighted by molar-refractivity contribution is 14.1. The minimum absolute atomic E-state index is 0.863. The smallest absolute Gasteiger partial charge is 0.130 e. The number of benzene rings is 1. The van der Waals surface area contributed by atoms with Gasteiger partial charge in [0.1, 0.15) is 5.82 Å². The lowest BCUT2D eigenvalue weighted by molar-refractivity contribution is 1.25. The minimum atomic E-state index is 0.863. The summed E-state index contributed by atoms with van der Waals surface area (Å²) in [4.78, 5) is 4.30. The molecule has 0 aliphatic carbocycles. The van der Waals surface area contributed by atoms with E-state index in [1.54, 1.807) is 0 Å². The van der Waals surface area contributed by atoms with Crippen LogP contribution in [0.5, 0.6) is 0 Å². The van der Waals surface area contributed by atoms with Gasteiger partial charge in [0, 0.05) is 19.9 Å². The van der Waals surface area contributed by atoms with Gasteiger partial charge in [-0.2, -0.15) is 0 Å². The summed E-state index contributed by atoms with van der Waals surface area (Å²) in [5.74, 6) is 0.863. The molecule has 1 aromatic carbocycles. The number of aromatic nitrogens is 1. The van der Waals surface area contributed by atoms with Crippen LogP contribution in [-0.4, -0.2) is 4.98 Å². The third kappa shape index (κ3) is 2.95. The summed E-state index contributed by atoms with van der Waals surface area (Å²) in [5, 5.41) is 3.26. The van der Waals surface area contributed by atoms with Gasteiger partial charge in [0.05, 0.1) is 0 Å². The maximum atomic E-state index is 4.30. The van der Waals surface area contributed by atoms with Crippen molar-refractivity contribution in [2.75, 3.05) is 5.32 Å². The van der Waals surface area contributed by atoms with E-state index in [0.717, 1.165) is 16.0 Å². The Kier molecular flexibility index (Phi) is 3.81. The van der Waals surface area contributed by atoms with Crippen molar-refractivity contribution >= 4 is 50.0 Å². The molecule has 1 aromatic heterocycles. The summed E-state index contributed by atoms with van der Waals surface area (Å²) < 4.78 is 2.25. The Hall–Kier alpha value is -0.620. The van der Waals surface area contributed by atoms with Gasteiger partial charge < -0.3 is 5.32 Å². The SMILES string of the molecule is Cc1cc(Nc2ccc(I)cc2)ncc1Br. The minimum Gasteiger partial charge on any atom is -0.340 e. The van der Waals surface area contributed by atoms with Gasteiger partial charge in [-0.25, -0.2) is 4.98 Å². The largest absolute Gasteiger partial charge is 0.340 e. The number of anilines is 2. The van der Waals surface area contributed by atoms with Crippen LogP contribution in [0, 0.1) is 10.5 Å². The van der Waals surface area contributed by atoms with Crippen molar-refractivity contribution in [1.29, 1.82) is 0 Å². The molecule has 0 spiro atoms. The Labute approximate surface area is 117 Å². The first kappa shape index (κ1) is 11.9. The van der Waals surface area contributed by atoms with Crippen LogP contribution in [0.1, 0.15) is 5.56 Å². The molecule has 0 amide bonds. The van der Waals surface area contributed by atoms with Crippen molar-refractivity contribution in [1.82, 2.24) is 4.98 Å². The first-order valence-corrected chi connectivity index (χ1v) is 6.67. The van der Waals surface area contributed by atoms with Crippen molar-refractivity contribution in [3.63, 3.8) is 0 Å². The van der Waals surface area contributed by atoms with E-state index in [1.807, 2.05) is 31.3 Å². The standard InChI is InChI=1S/C12H10BrIN2/c1-8-6-12(15-7-11(8)13)16-10-4-2-9(14)3-5-10/h2-7H,1H3,(H,15,16). The molecule has 0 atom stereocenters. The van der Waals surface area contributed by atoms with Gasteiger partial charge in [-0.15, -0.1) is 0 Å². The summed E-state index contributed by atoms with van der Waals surface area (Å²) in [6.07, 6.45) is 1.81. The fourth-order valence-corrected chi connectivity index (χ4v) is 1.87. The molecule has 0 aliphatic heterocycles. The first-order chi connectivity index (χ1) is 7.65. The van der Waals surface area contributed by atoms with Gasteiger partial charge in [0.15, 0.2) is 0 Å². The van der Waals surface area contributed by atoms with Crippen LogP contribution < -0.4 is 5.32 Å². The molecular formula is C12H10BrIN2. The maximum absolute atomic E-state index is 4.30. The van der Waals surface area contributed by atoms with Gasteiger partial charge >= 0.3 is 0 Å². The molecule has 1 N–H and O–H groups in total. The second-order valence-corrected chi connectivity index (χ2v) is 5.55. The number of hydrogen-bond donors (Lipinski definition) is 1. The maximum Gasteiger partial charge on any atom is 0.130 e. The molecule has 0 bridgehead atoms. The molecule has 4 heteroatoms. The van der Waals surface area contributed by atoms with Crippen LogP contribution in [0.4, 0.5) is 11.5 Å². The van der Waals surface area contributed by atoms with E-state index in [-0.39, 0.29) is 0 Å². The lowest BCUT2D eigenvalue weighted by Crippen LogP contribution is -1.94. The lowest BCUT2D eigenvalue weighted by atomic mass is 10.3. The van der Waals surface area contributed by atoms with Gasteiger partial charge in [-0.3, -0.25) is 0 Å². The van der Waals surface area contributed by atoms with Crippen LogP contribution in [-0.2, 0) is 0 Å². The Bertz CT molecular complexity index is 497. The van der Waals surface area contributed by atoms with Crippen molar-refractivity contribution in [3.05, 3.63) is 50.1 Å². The molecule has 2 rings (SSSR count). The third-order valence-corrected chi connectivity index (χ3v) is 3.71. The molecule has 0 saturated heterocycles. The molecule has 0 unspecified atom stereocenters. The Morgan fingerprint density at radius 3 is 2.56 bits per heavy atom. The van der Waals surface area contributed by atoms with Crippen molar-refractivity contribution < 1.29 is 0 Å². The predicted molar refractivity (Wildman–Crippen MR) is 79.1 cm³/mol. The van der Waals surface area contributed by atoms with E-state index in [0.29, 0.717) is 0 Å². The molecule has 2 nitrogen and oxygen atoms in total. The number of hydrogen-bond acceptors (Lipinski definition) is 2. The Morgan fingerprint density at radius 1 is 1.25 bits per heavy atom.